The van der Waals surface area contributed by atoms with E-state index in [1.54, 1.807) is 6.07 Å². The number of carbonyl (C=O) groups excluding carboxylic acids is 1. The predicted octanol–water partition coefficient (Wildman–Crippen LogP) is 1.07. The molecule has 4 heteroatoms. The van der Waals surface area contributed by atoms with E-state index >= 15 is 0 Å². The van der Waals surface area contributed by atoms with Crippen molar-refractivity contribution in [1.82, 2.24) is 5.16 Å². The molecule has 1 amide bonds. The zero-order valence-electron chi connectivity index (χ0n) is 7.42. The number of amides is 1. The predicted molar refractivity (Wildman–Crippen MR) is 43.7 cm³/mol. The van der Waals surface area contributed by atoms with Crippen molar-refractivity contribution in [3.63, 3.8) is 0 Å². The van der Waals surface area contributed by atoms with Crippen molar-refractivity contribution in [2.45, 2.75) is 26.2 Å². The number of rotatable bonds is 1. The average molecular weight is 168 g/mol. The van der Waals surface area contributed by atoms with Gasteiger partial charge in [-0.1, -0.05) is 25.9 Å². The smallest absolute Gasteiger partial charge is 0.270 e. The van der Waals surface area contributed by atoms with Crippen LogP contribution >= 0.6 is 0 Å². The highest BCUT2D eigenvalue weighted by Crippen LogP contribution is 2.22. The summed E-state index contributed by atoms with van der Waals surface area (Å²) in [4.78, 5) is 10.6. The molecule has 0 spiro atoms. The maximum Gasteiger partial charge on any atom is 0.270 e. The molecule has 1 aromatic heterocycles. The Morgan fingerprint density at radius 2 is 2.17 bits per heavy atom. The van der Waals surface area contributed by atoms with Crippen molar-refractivity contribution in [2.75, 3.05) is 0 Å². The van der Waals surface area contributed by atoms with Gasteiger partial charge < -0.3 is 10.3 Å². The first-order chi connectivity index (χ1) is 5.41. The molecule has 0 bridgehead atoms. The van der Waals surface area contributed by atoms with E-state index in [1.165, 1.54) is 0 Å². The van der Waals surface area contributed by atoms with E-state index in [2.05, 4.69) is 5.16 Å². The number of aromatic nitrogens is 1. The highest BCUT2D eigenvalue weighted by Gasteiger charge is 2.20. The van der Waals surface area contributed by atoms with E-state index in [1.807, 2.05) is 20.8 Å². The number of hydrogen-bond acceptors (Lipinski definition) is 3. The number of nitrogens with two attached hydrogens (primary N) is 1. The van der Waals surface area contributed by atoms with Crippen LogP contribution in [0.1, 0.15) is 37.0 Å². The molecule has 0 aliphatic rings. The van der Waals surface area contributed by atoms with Crippen LogP contribution in [0.5, 0.6) is 0 Å². The van der Waals surface area contributed by atoms with Crippen LogP contribution < -0.4 is 5.73 Å². The van der Waals surface area contributed by atoms with Gasteiger partial charge in [0, 0.05) is 11.5 Å². The van der Waals surface area contributed by atoms with Crippen LogP contribution in [0.25, 0.3) is 0 Å². The fourth-order valence-corrected chi connectivity index (χ4v) is 0.745. The van der Waals surface area contributed by atoms with Crippen LogP contribution in [-0.2, 0) is 5.41 Å². The molecule has 2 N–H and O–H groups in total. The standard InChI is InChI=1S/C8H12N2O2/c1-8(2,3)6-4-5(7(9)11)10-12-6/h4H,1-3H3,(H2,9,11). The van der Waals surface area contributed by atoms with Crippen LogP contribution in [0, 0.1) is 0 Å². The largest absolute Gasteiger partial charge is 0.364 e. The lowest BCUT2D eigenvalue weighted by Crippen LogP contribution is -2.12. The molecule has 1 aromatic rings. The van der Waals surface area contributed by atoms with E-state index in [9.17, 15) is 4.79 Å². The van der Waals surface area contributed by atoms with Gasteiger partial charge in [0.25, 0.3) is 5.91 Å². The van der Waals surface area contributed by atoms with Crippen molar-refractivity contribution in [3.8, 4) is 0 Å². The molecule has 0 saturated heterocycles. The molecule has 0 unspecified atom stereocenters. The summed E-state index contributed by atoms with van der Waals surface area (Å²) in [5.74, 6) is 0.102. The molecule has 12 heavy (non-hydrogen) atoms. The summed E-state index contributed by atoms with van der Waals surface area (Å²) in [6.07, 6.45) is 0. The Morgan fingerprint density at radius 3 is 2.42 bits per heavy atom. The van der Waals surface area contributed by atoms with Crippen molar-refractivity contribution in [1.29, 1.82) is 0 Å². The van der Waals surface area contributed by atoms with Gasteiger partial charge in [-0.3, -0.25) is 4.79 Å². The van der Waals surface area contributed by atoms with E-state index < -0.39 is 5.91 Å². The second-order valence-electron chi connectivity index (χ2n) is 3.69. The Labute approximate surface area is 70.7 Å². The number of nitrogens with zero attached hydrogens (tertiary/aromatic N) is 1. The molecule has 4 nitrogen and oxygen atoms in total. The van der Waals surface area contributed by atoms with Crippen LogP contribution in [-0.4, -0.2) is 11.1 Å². The Bertz CT molecular complexity index is 296. The lowest BCUT2D eigenvalue weighted by Gasteiger charge is -2.11. The van der Waals surface area contributed by atoms with Crippen molar-refractivity contribution in [2.24, 2.45) is 5.73 Å². The molecular weight excluding hydrogens is 156 g/mol. The summed E-state index contributed by atoms with van der Waals surface area (Å²) < 4.78 is 4.94. The van der Waals surface area contributed by atoms with Crippen molar-refractivity contribution >= 4 is 5.91 Å². The molecule has 0 aromatic carbocycles. The second-order valence-corrected chi connectivity index (χ2v) is 3.69. The molecule has 0 atom stereocenters. The van der Waals surface area contributed by atoms with Crippen molar-refractivity contribution < 1.29 is 9.32 Å². The molecule has 0 fully saturated rings. The normalized spacial score (nSPS) is 11.6. The summed E-state index contributed by atoms with van der Waals surface area (Å²) in [6.45, 7) is 5.91. The first-order valence-electron chi connectivity index (χ1n) is 3.68. The fourth-order valence-electron chi connectivity index (χ4n) is 0.745. The maximum atomic E-state index is 10.6. The van der Waals surface area contributed by atoms with Gasteiger partial charge in [-0.25, -0.2) is 0 Å². The zero-order chi connectivity index (χ0) is 9.35. The summed E-state index contributed by atoms with van der Waals surface area (Å²) in [5, 5.41) is 3.53. The van der Waals surface area contributed by atoms with E-state index in [4.69, 9.17) is 10.3 Å². The monoisotopic (exact) mass is 168 g/mol. The Morgan fingerprint density at radius 1 is 1.58 bits per heavy atom. The van der Waals surface area contributed by atoms with Crippen LogP contribution in [0.2, 0.25) is 0 Å². The minimum absolute atomic E-state index is 0.138. The van der Waals surface area contributed by atoms with Gasteiger partial charge in [0.1, 0.15) is 5.76 Å². The van der Waals surface area contributed by atoms with Gasteiger partial charge in [-0.05, 0) is 0 Å². The van der Waals surface area contributed by atoms with Crippen LogP contribution in [0.4, 0.5) is 0 Å². The Kier molecular flexibility index (Phi) is 1.92. The molecule has 0 radical (unpaired) electrons. The van der Waals surface area contributed by atoms with Crippen LogP contribution in [0.15, 0.2) is 10.6 Å². The molecule has 66 valence electrons. The van der Waals surface area contributed by atoms with Gasteiger partial charge in [-0.15, -0.1) is 0 Å². The van der Waals surface area contributed by atoms with Gasteiger partial charge >= 0.3 is 0 Å². The Hall–Kier alpha value is -1.32. The molecule has 0 saturated carbocycles. The van der Waals surface area contributed by atoms with Gasteiger partial charge in [0.15, 0.2) is 5.69 Å². The van der Waals surface area contributed by atoms with E-state index in [0.29, 0.717) is 5.76 Å². The summed E-state index contributed by atoms with van der Waals surface area (Å²) in [6, 6.07) is 1.57. The minimum atomic E-state index is -0.561. The lowest BCUT2D eigenvalue weighted by molar-refractivity contribution is 0.0991. The molecule has 1 rings (SSSR count). The van der Waals surface area contributed by atoms with E-state index in [0.717, 1.165) is 0 Å². The summed E-state index contributed by atoms with van der Waals surface area (Å²) in [7, 11) is 0. The number of primary amides is 1. The third-order valence-corrected chi connectivity index (χ3v) is 1.50. The first-order valence-corrected chi connectivity index (χ1v) is 3.68. The van der Waals surface area contributed by atoms with Gasteiger partial charge in [0.05, 0.1) is 0 Å². The number of carbonyl (C=O) groups is 1. The van der Waals surface area contributed by atoms with Crippen LogP contribution in [0.3, 0.4) is 0 Å². The first kappa shape index (κ1) is 8.77. The van der Waals surface area contributed by atoms with Crippen molar-refractivity contribution in [3.05, 3.63) is 17.5 Å². The second kappa shape index (κ2) is 2.62. The maximum absolute atomic E-state index is 10.6. The molecule has 0 aliphatic heterocycles. The average Bonchev–Trinajstić information content (AvgIpc) is 2.30. The van der Waals surface area contributed by atoms with E-state index in [-0.39, 0.29) is 11.1 Å². The fraction of sp³-hybridized carbons (Fsp3) is 0.500. The highest BCUT2D eigenvalue weighted by atomic mass is 16.5. The highest BCUT2D eigenvalue weighted by molar-refractivity contribution is 5.90. The zero-order valence-corrected chi connectivity index (χ0v) is 7.42. The molecule has 0 aliphatic carbocycles. The van der Waals surface area contributed by atoms with Gasteiger partial charge in [0.2, 0.25) is 0 Å². The number of hydrogen-bond donors (Lipinski definition) is 1. The summed E-state index contributed by atoms with van der Waals surface area (Å²) >= 11 is 0. The Balaban J connectivity index is 3.00. The minimum Gasteiger partial charge on any atom is -0.364 e. The van der Waals surface area contributed by atoms with Gasteiger partial charge in [-0.2, -0.15) is 0 Å². The topological polar surface area (TPSA) is 69.1 Å². The lowest BCUT2D eigenvalue weighted by atomic mass is 9.93. The SMILES string of the molecule is CC(C)(C)c1cc(C(N)=O)no1. The molecular formula is C8H12N2O2. The third-order valence-electron chi connectivity index (χ3n) is 1.50. The third kappa shape index (κ3) is 1.64. The molecule has 1 heterocycles. The summed E-state index contributed by atoms with van der Waals surface area (Å²) in [5.41, 5.74) is 5.05. The quantitative estimate of drug-likeness (QED) is 0.681.